The number of nitrogens with zero attached hydrogens (tertiary/aromatic N) is 2. The summed E-state index contributed by atoms with van der Waals surface area (Å²) in [5, 5.41) is 3.18. The summed E-state index contributed by atoms with van der Waals surface area (Å²) < 4.78 is 0. The van der Waals surface area contributed by atoms with Crippen LogP contribution in [0.2, 0.25) is 0 Å². The minimum Gasteiger partial charge on any atom is -0.319 e. The summed E-state index contributed by atoms with van der Waals surface area (Å²) in [6.45, 7) is 9.34. The van der Waals surface area contributed by atoms with Crippen LogP contribution < -0.4 is 5.32 Å². The van der Waals surface area contributed by atoms with Crippen LogP contribution in [-0.4, -0.2) is 23.6 Å². The Morgan fingerprint density at radius 3 is 2.36 bits per heavy atom. The van der Waals surface area contributed by atoms with Crippen molar-refractivity contribution in [2.45, 2.75) is 46.5 Å². The third-order valence-electron chi connectivity index (χ3n) is 3.34. The topological polar surface area (TPSA) is 37.8 Å². The normalized spacial score (nSPS) is 10.3. The standard InChI is InChI=1S/C17H23N3.C2H6/c1-13(2)17-15(9-10-18-3)12-19-16(20-17)11-14-7-5-4-6-8-14;1-2/h4-8,12-13,18H,9-11H2,1-3H3;1-2H3. The van der Waals surface area contributed by atoms with E-state index < -0.39 is 0 Å². The number of hydrogen-bond donors (Lipinski definition) is 1. The van der Waals surface area contributed by atoms with Crippen LogP contribution >= 0.6 is 0 Å². The van der Waals surface area contributed by atoms with E-state index in [-0.39, 0.29) is 0 Å². The molecule has 1 aromatic carbocycles. The highest BCUT2D eigenvalue weighted by Crippen LogP contribution is 2.18. The molecule has 2 aromatic rings. The zero-order valence-corrected chi connectivity index (χ0v) is 14.6. The van der Waals surface area contributed by atoms with E-state index in [1.807, 2.05) is 33.2 Å². The molecule has 0 spiro atoms. The molecule has 0 saturated carbocycles. The average Bonchev–Trinajstić information content (AvgIpc) is 2.56. The zero-order chi connectivity index (χ0) is 16.4. The SMILES string of the molecule is CC.CNCCc1cnc(Cc2ccccc2)nc1C(C)C. The first-order chi connectivity index (χ1) is 10.7. The predicted molar refractivity (Wildman–Crippen MR) is 94.3 cm³/mol. The molecule has 1 N–H and O–H groups in total. The van der Waals surface area contributed by atoms with Crippen molar-refractivity contribution in [3.8, 4) is 0 Å². The number of aromatic nitrogens is 2. The van der Waals surface area contributed by atoms with Crippen molar-refractivity contribution in [3.05, 3.63) is 59.2 Å². The van der Waals surface area contributed by atoms with Gasteiger partial charge >= 0.3 is 0 Å². The highest BCUT2D eigenvalue weighted by Gasteiger charge is 2.10. The van der Waals surface area contributed by atoms with Gasteiger partial charge in [0.05, 0.1) is 0 Å². The van der Waals surface area contributed by atoms with Gasteiger partial charge < -0.3 is 5.32 Å². The maximum atomic E-state index is 4.78. The van der Waals surface area contributed by atoms with E-state index in [0.29, 0.717) is 5.92 Å². The van der Waals surface area contributed by atoms with Gasteiger partial charge in [-0.1, -0.05) is 58.0 Å². The number of rotatable bonds is 6. The maximum absolute atomic E-state index is 4.78. The second kappa shape index (κ2) is 10.1. The smallest absolute Gasteiger partial charge is 0.132 e. The monoisotopic (exact) mass is 299 g/mol. The lowest BCUT2D eigenvalue weighted by Gasteiger charge is -2.13. The quantitative estimate of drug-likeness (QED) is 0.876. The number of hydrogen-bond acceptors (Lipinski definition) is 3. The van der Waals surface area contributed by atoms with Crippen molar-refractivity contribution in [2.75, 3.05) is 13.6 Å². The minimum absolute atomic E-state index is 0.430. The Morgan fingerprint density at radius 2 is 1.77 bits per heavy atom. The van der Waals surface area contributed by atoms with Crippen LogP contribution in [0.15, 0.2) is 36.5 Å². The fourth-order valence-electron chi connectivity index (χ4n) is 2.27. The zero-order valence-electron chi connectivity index (χ0n) is 14.6. The van der Waals surface area contributed by atoms with Crippen LogP contribution in [0.4, 0.5) is 0 Å². The summed E-state index contributed by atoms with van der Waals surface area (Å²) in [6.07, 6.45) is 3.78. The summed E-state index contributed by atoms with van der Waals surface area (Å²) >= 11 is 0. The molecule has 0 radical (unpaired) electrons. The molecule has 0 amide bonds. The molecule has 0 fully saturated rings. The molecule has 0 aliphatic carbocycles. The van der Waals surface area contributed by atoms with Gasteiger partial charge in [0.2, 0.25) is 0 Å². The van der Waals surface area contributed by atoms with E-state index >= 15 is 0 Å². The van der Waals surface area contributed by atoms with Gasteiger partial charge in [-0.15, -0.1) is 0 Å². The number of nitrogens with one attached hydrogen (secondary N) is 1. The summed E-state index contributed by atoms with van der Waals surface area (Å²) in [7, 11) is 1.97. The molecular formula is C19H29N3. The molecule has 1 aromatic heterocycles. The van der Waals surface area contributed by atoms with Gasteiger partial charge in [0.25, 0.3) is 0 Å². The van der Waals surface area contributed by atoms with Crippen LogP contribution in [0.3, 0.4) is 0 Å². The number of likely N-dealkylation sites (N-methyl/N-ethyl adjacent to an activating group) is 1. The van der Waals surface area contributed by atoms with Gasteiger partial charge in [-0.25, -0.2) is 9.97 Å². The molecule has 0 aliphatic rings. The van der Waals surface area contributed by atoms with Crippen molar-refractivity contribution >= 4 is 0 Å². The van der Waals surface area contributed by atoms with Crippen LogP contribution in [0.1, 0.15) is 56.3 Å². The number of benzene rings is 1. The van der Waals surface area contributed by atoms with Crippen molar-refractivity contribution < 1.29 is 0 Å². The van der Waals surface area contributed by atoms with Crippen LogP contribution in [0.25, 0.3) is 0 Å². The summed E-state index contributed by atoms with van der Waals surface area (Å²) in [4.78, 5) is 9.31. The molecule has 0 unspecified atom stereocenters. The molecule has 120 valence electrons. The van der Waals surface area contributed by atoms with Crippen molar-refractivity contribution in [2.24, 2.45) is 0 Å². The molecule has 3 heteroatoms. The predicted octanol–water partition coefficient (Wildman–Crippen LogP) is 3.98. The maximum Gasteiger partial charge on any atom is 0.132 e. The molecule has 2 rings (SSSR count). The molecular weight excluding hydrogens is 270 g/mol. The van der Waals surface area contributed by atoms with Crippen molar-refractivity contribution in [1.29, 1.82) is 0 Å². The van der Waals surface area contributed by atoms with E-state index in [9.17, 15) is 0 Å². The van der Waals surface area contributed by atoms with Crippen LogP contribution in [0, 0.1) is 0 Å². The molecule has 0 aliphatic heterocycles. The Bertz CT molecular complexity index is 536. The van der Waals surface area contributed by atoms with Crippen LogP contribution in [-0.2, 0) is 12.8 Å². The third kappa shape index (κ3) is 5.57. The molecule has 22 heavy (non-hydrogen) atoms. The first-order valence-corrected chi connectivity index (χ1v) is 8.24. The van der Waals surface area contributed by atoms with Crippen molar-refractivity contribution in [1.82, 2.24) is 15.3 Å². The summed E-state index contributed by atoms with van der Waals surface area (Å²) in [5.74, 6) is 1.34. The van der Waals surface area contributed by atoms with Crippen LogP contribution in [0.5, 0.6) is 0 Å². The van der Waals surface area contributed by atoms with Gasteiger partial charge in [-0.2, -0.15) is 0 Å². The van der Waals surface area contributed by atoms with E-state index in [4.69, 9.17) is 4.98 Å². The Morgan fingerprint density at radius 1 is 1.09 bits per heavy atom. The van der Waals surface area contributed by atoms with E-state index in [1.165, 1.54) is 16.8 Å². The first kappa shape index (κ1) is 18.3. The minimum atomic E-state index is 0.430. The third-order valence-corrected chi connectivity index (χ3v) is 3.34. The Kier molecular flexibility index (Phi) is 8.38. The van der Waals surface area contributed by atoms with Gasteiger partial charge in [-0.05, 0) is 37.1 Å². The molecule has 0 atom stereocenters. The average molecular weight is 299 g/mol. The molecule has 0 saturated heterocycles. The van der Waals surface area contributed by atoms with Gasteiger partial charge in [-0.3, -0.25) is 0 Å². The van der Waals surface area contributed by atoms with E-state index in [0.717, 1.165) is 25.2 Å². The van der Waals surface area contributed by atoms with Gasteiger partial charge in [0.15, 0.2) is 0 Å². The Labute approximate surface area is 135 Å². The first-order valence-electron chi connectivity index (χ1n) is 8.24. The summed E-state index contributed by atoms with van der Waals surface area (Å²) in [5.41, 5.74) is 3.69. The fourth-order valence-corrected chi connectivity index (χ4v) is 2.27. The second-order valence-electron chi connectivity index (χ2n) is 5.37. The molecule has 0 bridgehead atoms. The highest BCUT2D eigenvalue weighted by atomic mass is 14.9. The lowest BCUT2D eigenvalue weighted by atomic mass is 10.0. The highest BCUT2D eigenvalue weighted by molar-refractivity contribution is 5.24. The van der Waals surface area contributed by atoms with E-state index in [1.54, 1.807) is 0 Å². The van der Waals surface area contributed by atoms with Gasteiger partial charge in [0, 0.05) is 18.3 Å². The summed E-state index contributed by atoms with van der Waals surface area (Å²) in [6, 6.07) is 10.4. The Balaban J connectivity index is 0.00000116. The lowest BCUT2D eigenvalue weighted by Crippen LogP contribution is -2.14. The molecule has 1 heterocycles. The van der Waals surface area contributed by atoms with Crippen molar-refractivity contribution in [3.63, 3.8) is 0 Å². The lowest BCUT2D eigenvalue weighted by molar-refractivity contribution is 0.730. The fraction of sp³-hybridized carbons (Fsp3) is 0.474. The molecule has 3 nitrogen and oxygen atoms in total. The second-order valence-corrected chi connectivity index (χ2v) is 5.37. The Hall–Kier alpha value is -1.74. The largest absolute Gasteiger partial charge is 0.319 e. The van der Waals surface area contributed by atoms with E-state index in [2.05, 4.69) is 48.4 Å². The van der Waals surface area contributed by atoms with Gasteiger partial charge in [0.1, 0.15) is 5.82 Å².